The van der Waals surface area contributed by atoms with Gasteiger partial charge in [0.1, 0.15) is 18.5 Å². The quantitative estimate of drug-likeness (QED) is 0.209. The molecule has 0 aromatic carbocycles. The van der Waals surface area contributed by atoms with Gasteiger partial charge in [-0.05, 0) is 0 Å². The summed E-state index contributed by atoms with van der Waals surface area (Å²) in [6, 6.07) is 0. The minimum atomic E-state index is -0.727. The number of carbonyl (C=O) groups excluding carboxylic acids is 1. The summed E-state index contributed by atoms with van der Waals surface area (Å²) in [5.41, 5.74) is 0. The number of aliphatic hydroxyl groups is 2. The van der Waals surface area contributed by atoms with E-state index in [0.717, 1.165) is 6.42 Å². The van der Waals surface area contributed by atoms with E-state index in [1.54, 1.807) is 35.0 Å². The van der Waals surface area contributed by atoms with Crippen molar-refractivity contribution in [3.05, 3.63) is 6.61 Å². The molecule has 0 spiro atoms. The molecular formula is C21H41O11U-. The maximum atomic E-state index is 10.1. The topological polar surface area (TPSA) is 131 Å². The van der Waals surface area contributed by atoms with E-state index in [1.807, 2.05) is 0 Å². The number of rotatable bonds is 12. The largest absolute Gasteiger partial charge is 0.546 e. The first-order chi connectivity index (χ1) is 15.4. The number of carbonyl (C=O) groups is 1. The second-order valence-corrected chi connectivity index (χ2v) is 7.10. The Morgan fingerprint density at radius 2 is 1.61 bits per heavy atom. The Hall–Kier alpha value is 0.322. The van der Waals surface area contributed by atoms with Crippen LogP contribution in [0.3, 0.4) is 0 Å². The molecule has 12 heteroatoms. The van der Waals surface area contributed by atoms with Crippen LogP contribution in [0.2, 0.25) is 0 Å². The van der Waals surface area contributed by atoms with Gasteiger partial charge in [0.25, 0.3) is 0 Å². The normalized spacial score (nSPS) is 27.9. The van der Waals surface area contributed by atoms with Crippen molar-refractivity contribution < 1.29 is 84.0 Å². The average Bonchev–Trinajstić information content (AvgIpc) is 3.39. The van der Waals surface area contributed by atoms with Gasteiger partial charge in [0.05, 0.1) is 44.2 Å². The number of hydrogen-bond acceptors (Lipinski definition) is 11. The van der Waals surface area contributed by atoms with Crippen molar-refractivity contribution in [2.24, 2.45) is 0 Å². The first kappa shape index (κ1) is 35.5. The fourth-order valence-corrected chi connectivity index (χ4v) is 3.11. The molecule has 2 fully saturated rings. The van der Waals surface area contributed by atoms with Crippen molar-refractivity contribution in [2.75, 3.05) is 62.5 Å². The molecule has 2 heterocycles. The average molecular weight is 708 g/mol. The zero-order valence-electron chi connectivity index (χ0n) is 20.5. The summed E-state index contributed by atoms with van der Waals surface area (Å²) < 4.78 is 39.9. The number of ether oxygens (including phenoxy) is 8. The van der Waals surface area contributed by atoms with Gasteiger partial charge in [-0.3, -0.25) is 0 Å². The monoisotopic (exact) mass is 707 g/mol. The number of hydrogen-bond donors (Lipinski definition) is 2. The Morgan fingerprint density at radius 3 is 2.09 bits per heavy atom. The van der Waals surface area contributed by atoms with Crippen LogP contribution in [0, 0.1) is 37.7 Å². The van der Waals surface area contributed by atoms with Crippen molar-refractivity contribution in [1.82, 2.24) is 0 Å². The first-order valence-electron chi connectivity index (χ1n) is 10.4. The summed E-state index contributed by atoms with van der Waals surface area (Å²) >= 11 is 0. The molecule has 2 rings (SSSR count). The molecule has 0 aromatic heterocycles. The molecule has 7 atom stereocenters. The van der Waals surface area contributed by atoms with Crippen molar-refractivity contribution >= 4 is 6.29 Å². The summed E-state index contributed by atoms with van der Waals surface area (Å²) in [5, 5.41) is 18.3. The molecule has 33 heavy (non-hydrogen) atoms. The number of aliphatic hydroxyl groups excluding tert-OH is 2. The van der Waals surface area contributed by atoms with Gasteiger partial charge in [-0.25, -0.2) is 6.61 Å². The van der Waals surface area contributed by atoms with Crippen molar-refractivity contribution in [2.45, 2.75) is 62.2 Å². The molecule has 2 aliphatic heterocycles. The van der Waals surface area contributed by atoms with Crippen LogP contribution in [0.4, 0.5) is 0 Å². The van der Waals surface area contributed by atoms with Crippen LogP contribution in [0.1, 0.15) is 19.3 Å². The van der Waals surface area contributed by atoms with Gasteiger partial charge in [0, 0.05) is 86.6 Å². The van der Waals surface area contributed by atoms with Crippen LogP contribution in [0.15, 0.2) is 0 Å². The molecule has 2 aliphatic rings. The van der Waals surface area contributed by atoms with Gasteiger partial charge >= 0.3 is 0 Å². The fraction of sp³-hybridized carbons (Fsp3) is 0.905. The maximum absolute atomic E-state index is 10.1. The predicted molar refractivity (Wildman–Crippen MR) is 114 cm³/mol. The Balaban J connectivity index is 0. The SMILES string of the molecule is COC[C@@H](O)C(CC=O)OC.COC[C@H]1OC(O)CC1OC.COC[C@H]1O[CH-]CC1OC.[U]. The molecule has 2 N–H and O–H groups in total. The summed E-state index contributed by atoms with van der Waals surface area (Å²) in [6.07, 6.45) is 0.547. The molecular weight excluding hydrogens is 666 g/mol. The standard InChI is InChI=1S/2C7H14O4.C7H13O3.U/c1-9-4-6-5(10-2)3-7(8)11-6;1-10-5-6(9)7(11-2)3-4-8;1-8-5-7-6(9-2)3-4-10-7;/h5-8H,3-4H2,1-2H3;4,6-7,9H,3,5H2,1-2H3;4,6-7H,3,5H2,1-2H3;/q;;-1;/t5?,6-,7?;6-,7?;6?,7-;/m111./s1. The van der Waals surface area contributed by atoms with Gasteiger partial charge in [-0.1, -0.05) is 0 Å². The Labute approximate surface area is 221 Å². The first-order valence-corrected chi connectivity index (χ1v) is 10.4. The molecule has 4 unspecified atom stereocenters. The van der Waals surface area contributed by atoms with Crippen LogP contribution in [0.25, 0.3) is 0 Å². The van der Waals surface area contributed by atoms with E-state index in [-0.39, 0.29) is 68.6 Å². The maximum Gasteiger partial charge on any atom is 0.157 e. The zero-order chi connectivity index (χ0) is 24.4. The van der Waals surface area contributed by atoms with E-state index in [1.165, 1.54) is 14.2 Å². The summed E-state index contributed by atoms with van der Waals surface area (Å²) in [7, 11) is 9.49. The Kier molecular flexibility index (Phi) is 24.5. The minimum absolute atomic E-state index is 0. The van der Waals surface area contributed by atoms with E-state index in [2.05, 4.69) is 4.74 Å². The molecule has 196 valence electrons. The van der Waals surface area contributed by atoms with Crippen LogP contribution >= 0.6 is 0 Å². The van der Waals surface area contributed by atoms with Crippen LogP contribution in [-0.4, -0.2) is 122 Å². The van der Waals surface area contributed by atoms with E-state index in [4.69, 9.17) is 38.3 Å². The molecule has 0 saturated carbocycles. The molecule has 0 radical (unpaired) electrons. The smallest absolute Gasteiger partial charge is 0.157 e. The Bertz CT molecular complexity index is 446. The summed E-state index contributed by atoms with van der Waals surface area (Å²) in [5.74, 6) is 0. The molecule has 0 aliphatic carbocycles. The molecule has 2 saturated heterocycles. The molecule has 0 aromatic rings. The van der Waals surface area contributed by atoms with Crippen LogP contribution in [-0.2, 0) is 42.7 Å². The predicted octanol–water partition coefficient (Wildman–Crippen LogP) is -0.0487. The summed E-state index contributed by atoms with van der Waals surface area (Å²) in [4.78, 5) is 10.1. The zero-order valence-corrected chi connectivity index (χ0v) is 24.7. The number of methoxy groups -OCH3 is 6. The van der Waals surface area contributed by atoms with Gasteiger partial charge in [-0.2, -0.15) is 0 Å². The van der Waals surface area contributed by atoms with Crippen molar-refractivity contribution in [3.63, 3.8) is 0 Å². The minimum Gasteiger partial charge on any atom is -0.546 e. The third kappa shape index (κ3) is 15.1. The van der Waals surface area contributed by atoms with Gasteiger partial charge < -0.3 is 52.9 Å². The molecule has 0 amide bonds. The fourth-order valence-electron chi connectivity index (χ4n) is 3.11. The van der Waals surface area contributed by atoms with E-state index < -0.39 is 18.5 Å². The molecule has 0 bridgehead atoms. The van der Waals surface area contributed by atoms with E-state index in [0.29, 0.717) is 25.9 Å². The third-order valence-electron chi connectivity index (χ3n) is 4.86. The van der Waals surface area contributed by atoms with Crippen molar-refractivity contribution in [1.29, 1.82) is 0 Å². The van der Waals surface area contributed by atoms with Crippen molar-refractivity contribution in [3.8, 4) is 0 Å². The van der Waals surface area contributed by atoms with E-state index in [9.17, 15) is 9.90 Å². The second kappa shape index (κ2) is 22.8. The van der Waals surface area contributed by atoms with Gasteiger partial charge in [0.2, 0.25) is 0 Å². The number of aldehydes is 1. The van der Waals surface area contributed by atoms with Crippen LogP contribution in [0.5, 0.6) is 0 Å². The second-order valence-electron chi connectivity index (χ2n) is 7.10. The molecule has 11 nitrogen and oxygen atoms in total. The van der Waals surface area contributed by atoms with Gasteiger partial charge in [-0.15, -0.1) is 6.42 Å². The summed E-state index contributed by atoms with van der Waals surface area (Å²) in [6.45, 7) is 3.04. The van der Waals surface area contributed by atoms with Crippen LogP contribution < -0.4 is 0 Å². The third-order valence-corrected chi connectivity index (χ3v) is 4.86. The Morgan fingerprint density at radius 1 is 1.00 bits per heavy atom. The van der Waals surface area contributed by atoms with E-state index >= 15 is 0 Å². The van der Waals surface area contributed by atoms with Gasteiger partial charge in [0.15, 0.2) is 6.29 Å².